The number of amides is 1. The van der Waals surface area contributed by atoms with Gasteiger partial charge in [-0.1, -0.05) is 36.4 Å². The van der Waals surface area contributed by atoms with Gasteiger partial charge in [0.05, 0.1) is 6.61 Å². The molecule has 1 heterocycles. The fraction of sp³-hybridized carbons (Fsp3) is 0.350. The molecule has 138 valence electrons. The van der Waals surface area contributed by atoms with Crippen LogP contribution in [0.3, 0.4) is 0 Å². The number of rotatable bonds is 8. The molecular formula is C20H24N2O4. The van der Waals surface area contributed by atoms with Crippen molar-refractivity contribution < 1.29 is 19.0 Å². The van der Waals surface area contributed by atoms with Gasteiger partial charge in [0, 0.05) is 32.7 Å². The monoisotopic (exact) mass is 356 g/mol. The molecule has 0 aromatic heterocycles. The topological polar surface area (TPSA) is 74.0 Å². The summed E-state index contributed by atoms with van der Waals surface area (Å²) < 4.78 is 15.9. The lowest BCUT2D eigenvalue weighted by Crippen LogP contribution is -2.35. The number of ether oxygens (including phenoxy) is 3. The van der Waals surface area contributed by atoms with E-state index in [1.165, 1.54) is 0 Å². The minimum Gasteiger partial charge on any atom is -0.454 e. The number of nitrogens with two attached hydrogens (primary N) is 1. The molecule has 2 N–H and O–H groups in total. The SMILES string of the molecule is COCCN(Cc1ccc2c(c1)OCO2)C(=O)CC(N)c1ccccc1. The van der Waals surface area contributed by atoms with Gasteiger partial charge in [-0.2, -0.15) is 0 Å². The maximum absolute atomic E-state index is 12.8. The number of nitrogens with zero attached hydrogens (tertiary/aromatic N) is 1. The number of benzene rings is 2. The van der Waals surface area contributed by atoms with Crippen molar-refractivity contribution in [2.24, 2.45) is 5.73 Å². The third-order valence-electron chi connectivity index (χ3n) is 4.35. The van der Waals surface area contributed by atoms with Crippen molar-refractivity contribution >= 4 is 5.91 Å². The number of hydrogen-bond acceptors (Lipinski definition) is 5. The van der Waals surface area contributed by atoms with Crippen LogP contribution >= 0.6 is 0 Å². The van der Waals surface area contributed by atoms with Gasteiger partial charge in [-0.25, -0.2) is 0 Å². The summed E-state index contributed by atoms with van der Waals surface area (Å²) in [5.41, 5.74) is 8.15. The molecule has 0 radical (unpaired) electrons. The molecule has 0 bridgehead atoms. The Hall–Kier alpha value is -2.57. The smallest absolute Gasteiger partial charge is 0.231 e. The zero-order valence-electron chi connectivity index (χ0n) is 14.9. The number of carbonyl (C=O) groups excluding carboxylic acids is 1. The van der Waals surface area contributed by atoms with Crippen molar-refractivity contribution in [2.45, 2.75) is 19.0 Å². The first-order valence-corrected chi connectivity index (χ1v) is 8.63. The normalized spacial score (nSPS) is 13.5. The van der Waals surface area contributed by atoms with E-state index in [2.05, 4.69) is 0 Å². The lowest BCUT2D eigenvalue weighted by molar-refractivity contribution is -0.132. The van der Waals surface area contributed by atoms with Crippen LogP contribution in [-0.4, -0.2) is 37.9 Å². The van der Waals surface area contributed by atoms with E-state index < -0.39 is 0 Å². The second kappa shape index (κ2) is 8.69. The second-order valence-electron chi connectivity index (χ2n) is 6.22. The molecule has 6 nitrogen and oxygen atoms in total. The van der Waals surface area contributed by atoms with Gasteiger partial charge in [-0.15, -0.1) is 0 Å². The molecule has 0 saturated carbocycles. The van der Waals surface area contributed by atoms with Gasteiger partial charge in [0.25, 0.3) is 0 Å². The lowest BCUT2D eigenvalue weighted by Gasteiger charge is -2.24. The van der Waals surface area contributed by atoms with Gasteiger partial charge in [0.1, 0.15) is 0 Å². The minimum atomic E-state index is -0.328. The predicted octanol–water partition coefficient (Wildman–Crippen LogP) is 2.48. The molecule has 3 rings (SSSR count). The van der Waals surface area contributed by atoms with Crippen LogP contribution in [0, 0.1) is 0 Å². The molecule has 1 aliphatic heterocycles. The van der Waals surface area contributed by atoms with E-state index in [4.69, 9.17) is 19.9 Å². The summed E-state index contributed by atoms with van der Waals surface area (Å²) in [5.74, 6) is 1.44. The van der Waals surface area contributed by atoms with Crippen LogP contribution in [0.5, 0.6) is 11.5 Å². The number of methoxy groups -OCH3 is 1. The first-order valence-electron chi connectivity index (χ1n) is 8.63. The highest BCUT2D eigenvalue weighted by molar-refractivity contribution is 5.77. The quantitative estimate of drug-likeness (QED) is 0.787. The lowest BCUT2D eigenvalue weighted by atomic mass is 10.0. The summed E-state index contributed by atoms with van der Waals surface area (Å²) >= 11 is 0. The third-order valence-corrected chi connectivity index (χ3v) is 4.35. The molecule has 0 fully saturated rings. The Morgan fingerprint density at radius 1 is 1.19 bits per heavy atom. The summed E-state index contributed by atoms with van der Waals surface area (Å²) in [6.07, 6.45) is 0.248. The minimum absolute atomic E-state index is 0.00364. The van der Waals surface area contributed by atoms with Gasteiger partial charge >= 0.3 is 0 Å². The maximum atomic E-state index is 12.8. The Kier molecular flexibility index (Phi) is 6.09. The van der Waals surface area contributed by atoms with Crippen LogP contribution in [0.15, 0.2) is 48.5 Å². The van der Waals surface area contributed by atoms with Crippen molar-refractivity contribution in [3.63, 3.8) is 0 Å². The van der Waals surface area contributed by atoms with Gasteiger partial charge in [-0.05, 0) is 23.3 Å². The van der Waals surface area contributed by atoms with Gasteiger partial charge in [0.15, 0.2) is 11.5 Å². The van der Waals surface area contributed by atoms with Crippen LogP contribution in [0.4, 0.5) is 0 Å². The highest BCUT2D eigenvalue weighted by Crippen LogP contribution is 2.32. The molecule has 1 atom stereocenters. The fourth-order valence-electron chi connectivity index (χ4n) is 2.89. The number of fused-ring (bicyclic) bond motifs is 1. The number of hydrogen-bond donors (Lipinski definition) is 1. The summed E-state index contributed by atoms with van der Waals surface area (Å²) in [7, 11) is 1.62. The second-order valence-corrected chi connectivity index (χ2v) is 6.22. The van der Waals surface area contributed by atoms with E-state index >= 15 is 0 Å². The Morgan fingerprint density at radius 2 is 1.96 bits per heavy atom. The predicted molar refractivity (Wildman–Crippen MR) is 97.8 cm³/mol. The van der Waals surface area contributed by atoms with Gasteiger partial charge in [0.2, 0.25) is 12.7 Å². The highest BCUT2D eigenvalue weighted by Gasteiger charge is 2.20. The average Bonchev–Trinajstić information content (AvgIpc) is 3.13. The maximum Gasteiger partial charge on any atom is 0.231 e. The van der Waals surface area contributed by atoms with Crippen LogP contribution in [0.25, 0.3) is 0 Å². The van der Waals surface area contributed by atoms with Crippen molar-refractivity contribution in [1.82, 2.24) is 4.90 Å². The Labute approximate surface area is 153 Å². The van der Waals surface area contributed by atoms with Crippen LogP contribution in [0.2, 0.25) is 0 Å². The molecule has 0 spiro atoms. The molecule has 0 saturated heterocycles. The van der Waals surface area contributed by atoms with Crippen LogP contribution < -0.4 is 15.2 Å². The Balaban J connectivity index is 1.67. The molecule has 1 amide bonds. The van der Waals surface area contributed by atoms with E-state index in [0.29, 0.717) is 25.4 Å². The fourth-order valence-corrected chi connectivity index (χ4v) is 2.89. The highest BCUT2D eigenvalue weighted by atomic mass is 16.7. The van der Waals surface area contributed by atoms with Crippen LogP contribution in [-0.2, 0) is 16.1 Å². The average molecular weight is 356 g/mol. The molecule has 1 unspecified atom stereocenters. The zero-order chi connectivity index (χ0) is 18.4. The van der Waals surface area contributed by atoms with Crippen molar-refractivity contribution in [3.05, 3.63) is 59.7 Å². The van der Waals surface area contributed by atoms with Crippen molar-refractivity contribution in [3.8, 4) is 11.5 Å². The summed E-state index contributed by atoms with van der Waals surface area (Å²) in [5, 5.41) is 0. The van der Waals surface area contributed by atoms with Gasteiger partial charge < -0.3 is 24.8 Å². The van der Waals surface area contributed by atoms with E-state index in [9.17, 15) is 4.79 Å². The first-order chi connectivity index (χ1) is 12.7. The standard InChI is InChI=1S/C20H24N2O4/c1-24-10-9-22(13-15-7-8-18-19(11-15)26-14-25-18)20(23)12-17(21)16-5-3-2-4-6-16/h2-8,11,17H,9-10,12-14,21H2,1H3. The molecule has 0 aliphatic carbocycles. The van der Waals surface area contributed by atoms with E-state index in [1.807, 2.05) is 48.5 Å². The molecule has 1 aliphatic rings. The molecular weight excluding hydrogens is 332 g/mol. The molecule has 26 heavy (non-hydrogen) atoms. The van der Waals surface area contributed by atoms with Crippen molar-refractivity contribution in [2.75, 3.05) is 27.1 Å². The molecule has 6 heteroatoms. The van der Waals surface area contributed by atoms with Crippen LogP contribution in [0.1, 0.15) is 23.6 Å². The summed E-state index contributed by atoms with van der Waals surface area (Å²) in [6, 6.07) is 15.1. The van der Waals surface area contributed by atoms with Crippen molar-refractivity contribution in [1.29, 1.82) is 0 Å². The summed E-state index contributed by atoms with van der Waals surface area (Å²) in [6.45, 7) is 1.68. The molecule has 2 aromatic carbocycles. The molecule has 2 aromatic rings. The largest absolute Gasteiger partial charge is 0.454 e. The zero-order valence-corrected chi connectivity index (χ0v) is 14.9. The Morgan fingerprint density at radius 3 is 2.73 bits per heavy atom. The first kappa shape index (κ1) is 18.2. The van der Waals surface area contributed by atoms with Gasteiger partial charge in [-0.3, -0.25) is 4.79 Å². The van der Waals surface area contributed by atoms with E-state index in [-0.39, 0.29) is 25.2 Å². The Bertz CT molecular complexity index is 736. The third kappa shape index (κ3) is 4.53. The number of carbonyl (C=O) groups is 1. The summed E-state index contributed by atoms with van der Waals surface area (Å²) in [4.78, 5) is 14.6. The van der Waals surface area contributed by atoms with E-state index in [0.717, 1.165) is 16.9 Å². The van der Waals surface area contributed by atoms with E-state index in [1.54, 1.807) is 12.0 Å².